The monoisotopic (exact) mass is 386 g/mol. The van der Waals surface area contributed by atoms with Crippen LogP contribution in [-0.2, 0) is 24.2 Å². The minimum atomic E-state index is -0.0117. The molecule has 29 heavy (non-hydrogen) atoms. The van der Waals surface area contributed by atoms with Crippen molar-refractivity contribution in [3.63, 3.8) is 0 Å². The molecule has 0 atom stereocenters. The van der Waals surface area contributed by atoms with E-state index >= 15 is 0 Å². The van der Waals surface area contributed by atoms with Gasteiger partial charge in [0, 0.05) is 35.4 Å². The predicted molar refractivity (Wildman–Crippen MR) is 115 cm³/mol. The van der Waals surface area contributed by atoms with Crippen LogP contribution in [0, 0.1) is 13.8 Å². The molecule has 0 bridgehead atoms. The Morgan fingerprint density at radius 2 is 1.59 bits per heavy atom. The van der Waals surface area contributed by atoms with Crippen LogP contribution in [0.4, 0.5) is 0 Å². The van der Waals surface area contributed by atoms with Crippen LogP contribution in [0.1, 0.15) is 51.4 Å². The van der Waals surface area contributed by atoms with Crippen molar-refractivity contribution in [1.82, 2.24) is 10.3 Å². The second kappa shape index (κ2) is 8.08. The van der Waals surface area contributed by atoms with Crippen molar-refractivity contribution in [3.8, 4) is 0 Å². The van der Waals surface area contributed by atoms with Gasteiger partial charge in [0.05, 0.1) is 6.54 Å². The fourth-order valence-corrected chi connectivity index (χ4v) is 4.29. The topological polar surface area (TPSA) is 62.0 Å². The number of amides is 1. The van der Waals surface area contributed by atoms with E-state index in [0.29, 0.717) is 24.1 Å². The van der Waals surface area contributed by atoms with Gasteiger partial charge < -0.3 is 10.3 Å². The number of aromatic amines is 1. The largest absolute Gasteiger partial charge is 0.363 e. The van der Waals surface area contributed by atoms with Crippen LogP contribution in [0.15, 0.2) is 59.5 Å². The predicted octanol–water partition coefficient (Wildman–Crippen LogP) is 3.93. The summed E-state index contributed by atoms with van der Waals surface area (Å²) in [4.78, 5) is 28.1. The lowest BCUT2D eigenvalue weighted by atomic mass is 9.85. The zero-order valence-electron chi connectivity index (χ0n) is 16.9. The molecular weight excluding hydrogens is 360 g/mol. The van der Waals surface area contributed by atoms with Gasteiger partial charge in [-0.25, -0.2) is 0 Å². The molecule has 0 radical (unpaired) electrons. The molecule has 4 nitrogen and oxygen atoms in total. The highest BCUT2D eigenvalue weighted by Crippen LogP contribution is 2.36. The average molecular weight is 386 g/mol. The molecule has 0 fully saturated rings. The van der Waals surface area contributed by atoms with Crippen LogP contribution >= 0.6 is 0 Å². The molecule has 1 aliphatic rings. The smallest absolute Gasteiger partial charge is 0.221 e. The van der Waals surface area contributed by atoms with Crippen LogP contribution in [0.5, 0.6) is 0 Å². The maximum absolute atomic E-state index is 12.9. The van der Waals surface area contributed by atoms with E-state index in [1.165, 1.54) is 22.3 Å². The molecule has 2 aromatic carbocycles. The molecule has 4 heteroatoms. The molecule has 0 aliphatic heterocycles. The second-order valence-electron chi connectivity index (χ2n) is 7.84. The van der Waals surface area contributed by atoms with Crippen molar-refractivity contribution >= 4 is 5.91 Å². The highest BCUT2D eigenvalue weighted by atomic mass is 16.1. The van der Waals surface area contributed by atoms with Crippen LogP contribution in [0.25, 0.3) is 0 Å². The van der Waals surface area contributed by atoms with Gasteiger partial charge in [0.25, 0.3) is 0 Å². The molecule has 0 spiro atoms. The molecule has 148 valence electrons. The first-order valence-electron chi connectivity index (χ1n) is 10.1. The lowest BCUT2D eigenvalue weighted by molar-refractivity contribution is -0.121. The molecule has 1 aliphatic carbocycles. The Labute approximate surface area is 171 Å². The number of nitrogens with one attached hydrogen (secondary N) is 2. The van der Waals surface area contributed by atoms with Gasteiger partial charge in [0.15, 0.2) is 5.43 Å². The van der Waals surface area contributed by atoms with Crippen LogP contribution in [0.3, 0.4) is 0 Å². The molecule has 0 saturated carbocycles. The first-order valence-corrected chi connectivity index (χ1v) is 10.1. The van der Waals surface area contributed by atoms with E-state index in [0.717, 1.165) is 18.5 Å². The maximum Gasteiger partial charge on any atom is 0.221 e. The number of carbonyl (C=O) groups excluding carboxylic acids is 1. The molecule has 2 N–H and O–H groups in total. The fourth-order valence-electron chi connectivity index (χ4n) is 4.29. The van der Waals surface area contributed by atoms with E-state index in [9.17, 15) is 9.59 Å². The maximum atomic E-state index is 12.9. The Bertz CT molecular complexity index is 1070. The number of pyridine rings is 1. The third-order valence-corrected chi connectivity index (χ3v) is 5.99. The minimum Gasteiger partial charge on any atom is -0.363 e. The van der Waals surface area contributed by atoms with Gasteiger partial charge in [-0.3, -0.25) is 9.59 Å². The molecule has 3 aromatic rings. The molecule has 1 heterocycles. The summed E-state index contributed by atoms with van der Waals surface area (Å²) in [5, 5.41) is 3.01. The number of rotatable bonds is 4. The number of hydrogen-bond donors (Lipinski definition) is 2. The van der Waals surface area contributed by atoms with Crippen LogP contribution in [-0.4, -0.2) is 10.9 Å². The van der Waals surface area contributed by atoms with Gasteiger partial charge in [-0.1, -0.05) is 48.5 Å². The Balaban J connectivity index is 1.57. The third-order valence-electron chi connectivity index (χ3n) is 5.99. The van der Waals surface area contributed by atoms with E-state index in [4.69, 9.17) is 0 Å². The van der Waals surface area contributed by atoms with Gasteiger partial charge >= 0.3 is 0 Å². The van der Waals surface area contributed by atoms with E-state index in [2.05, 4.69) is 58.8 Å². The first-order chi connectivity index (χ1) is 14.0. The highest BCUT2D eigenvalue weighted by molar-refractivity contribution is 5.78. The zero-order chi connectivity index (χ0) is 20.4. The molecule has 0 saturated heterocycles. The molecular formula is C25H26N2O2. The van der Waals surface area contributed by atoms with Crippen molar-refractivity contribution in [2.75, 3.05) is 0 Å². The Morgan fingerprint density at radius 3 is 2.21 bits per heavy atom. The van der Waals surface area contributed by atoms with Crippen molar-refractivity contribution in [2.24, 2.45) is 0 Å². The average Bonchev–Trinajstić information content (AvgIpc) is 2.89. The van der Waals surface area contributed by atoms with Crippen molar-refractivity contribution < 1.29 is 4.79 Å². The standard InChI is InChI=1S/C25H26N2O2/c1-16-14-26-23(17(2)25(16)29)15-27-24(28)13-22-20-9-5-3-7-18(20)11-12-19-8-4-6-10-21(19)22/h3-10,14,22H,11-13,15H2,1-2H3,(H,26,29)(H,27,28). The first kappa shape index (κ1) is 19.2. The Kier molecular flexibility index (Phi) is 5.34. The summed E-state index contributed by atoms with van der Waals surface area (Å²) in [6.07, 6.45) is 4.09. The summed E-state index contributed by atoms with van der Waals surface area (Å²) in [7, 11) is 0. The van der Waals surface area contributed by atoms with E-state index in [1.807, 2.05) is 0 Å². The van der Waals surface area contributed by atoms with Gasteiger partial charge in [-0.2, -0.15) is 0 Å². The minimum absolute atomic E-state index is 0.0117. The zero-order valence-corrected chi connectivity index (χ0v) is 16.9. The summed E-state index contributed by atoms with van der Waals surface area (Å²) >= 11 is 0. The highest BCUT2D eigenvalue weighted by Gasteiger charge is 2.25. The normalized spacial score (nSPS) is 13.3. The molecule has 0 unspecified atom stereocenters. The van der Waals surface area contributed by atoms with Crippen LogP contribution in [0.2, 0.25) is 0 Å². The second-order valence-corrected chi connectivity index (χ2v) is 7.84. The molecule has 4 rings (SSSR count). The van der Waals surface area contributed by atoms with Gasteiger partial charge in [0.2, 0.25) is 5.91 Å². The number of hydrogen-bond acceptors (Lipinski definition) is 2. The van der Waals surface area contributed by atoms with E-state index < -0.39 is 0 Å². The quantitative estimate of drug-likeness (QED) is 0.714. The lowest BCUT2D eigenvalue weighted by Gasteiger charge is -2.20. The number of aryl methyl sites for hydroxylation is 3. The van der Waals surface area contributed by atoms with Crippen molar-refractivity contribution in [2.45, 2.75) is 45.6 Å². The number of fused-ring (bicyclic) bond motifs is 2. The summed E-state index contributed by atoms with van der Waals surface area (Å²) in [5.74, 6) is 0.0328. The number of aromatic nitrogens is 1. The van der Waals surface area contributed by atoms with Crippen molar-refractivity contribution in [1.29, 1.82) is 0 Å². The van der Waals surface area contributed by atoms with Crippen molar-refractivity contribution in [3.05, 3.63) is 104 Å². The van der Waals surface area contributed by atoms with E-state index in [-0.39, 0.29) is 17.3 Å². The van der Waals surface area contributed by atoms with Gasteiger partial charge in [-0.15, -0.1) is 0 Å². The summed E-state index contributed by atoms with van der Waals surface area (Å²) in [6.45, 7) is 3.91. The van der Waals surface area contributed by atoms with Gasteiger partial charge in [-0.05, 0) is 48.9 Å². The number of carbonyl (C=O) groups is 1. The van der Waals surface area contributed by atoms with E-state index in [1.54, 1.807) is 20.0 Å². The third kappa shape index (κ3) is 3.88. The Morgan fingerprint density at radius 1 is 1.00 bits per heavy atom. The fraction of sp³-hybridized carbons (Fsp3) is 0.280. The summed E-state index contributed by atoms with van der Waals surface area (Å²) < 4.78 is 0. The molecule has 1 aromatic heterocycles. The summed E-state index contributed by atoms with van der Waals surface area (Å²) in [5.41, 5.74) is 7.26. The number of H-pyrrole nitrogens is 1. The SMILES string of the molecule is Cc1c[nH]c(CNC(=O)CC2c3ccccc3CCc3ccccc32)c(C)c1=O. The number of benzene rings is 2. The molecule has 1 amide bonds. The summed E-state index contributed by atoms with van der Waals surface area (Å²) in [6, 6.07) is 16.9. The van der Waals surface area contributed by atoms with Gasteiger partial charge in [0.1, 0.15) is 0 Å². The lowest BCUT2D eigenvalue weighted by Crippen LogP contribution is -2.27. The Hall–Kier alpha value is -3.14. The van der Waals surface area contributed by atoms with Crippen LogP contribution < -0.4 is 10.7 Å².